The van der Waals surface area contributed by atoms with Crippen molar-refractivity contribution in [2.24, 2.45) is 4.99 Å². The zero-order chi connectivity index (χ0) is 14.4. The van der Waals surface area contributed by atoms with E-state index in [1.54, 1.807) is 12.3 Å². The SMILES string of the molecule is CC1N=C2C(=CC(=O)c3cncnc32)N1c1ccccc1. The summed E-state index contributed by atoms with van der Waals surface area (Å²) in [6, 6.07) is 9.93. The summed E-state index contributed by atoms with van der Waals surface area (Å²) < 4.78 is 0. The standard InChI is InChI=1S/C16H12N4O/c1-10-19-16-13(20(10)11-5-3-2-4-6-11)7-14(21)12-8-17-9-18-15(12)16/h2-10H,1H3. The molecule has 0 radical (unpaired) electrons. The Bertz CT molecular complexity index is 795. The van der Waals surface area contributed by atoms with Crippen LogP contribution in [0.3, 0.4) is 0 Å². The summed E-state index contributed by atoms with van der Waals surface area (Å²) in [4.78, 5) is 27.2. The molecule has 0 bridgehead atoms. The van der Waals surface area contributed by atoms with Crippen LogP contribution < -0.4 is 4.90 Å². The molecule has 0 saturated heterocycles. The predicted molar refractivity (Wildman–Crippen MR) is 79.4 cm³/mol. The molecular formula is C16H12N4O. The lowest BCUT2D eigenvalue weighted by Gasteiger charge is -2.25. The highest BCUT2D eigenvalue weighted by molar-refractivity contribution is 6.27. The van der Waals surface area contributed by atoms with Gasteiger partial charge in [-0.1, -0.05) is 18.2 Å². The second-order valence-electron chi connectivity index (χ2n) is 4.99. The van der Waals surface area contributed by atoms with Crippen LogP contribution in [0.2, 0.25) is 0 Å². The second-order valence-corrected chi connectivity index (χ2v) is 4.99. The molecule has 0 saturated carbocycles. The molecule has 2 aromatic rings. The maximum Gasteiger partial charge on any atom is 0.191 e. The van der Waals surface area contributed by atoms with Crippen molar-refractivity contribution in [2.45, 2.75) is 13.1 Å². The first kappa shape index (κ1) is 12.0. The third-order valence-electron chi connectivity index (χ3n) is 3.70. The Labute approximate surface area is 121 Å². The van der Waals surface area contributed by atoms with E-state index in [1.165, 1.54) is 6.33 Å². The lowest BCUT2D eigenvalue weighted by atomic mass is 9.98. The molecule has 0 N–H and O–H groups in total. The van der Waals surface area contributed by atoms with Gasteiger partial charge in [0.15, 0.2) is 5.78 Å². The van der Waals surface area contributed by atoms with Crippen LogP contribution in [0.4, 0.5) is 5.69 Å². The summed E-state index contributed by atoms with van der Waals surface area (Å²) in [5, 5.41) is 0. The van der Waals surface area contributed by atoms with Crippen molar-refractivity contribution in [2.75, 3.05) is 4.90 Å². The Morgan fingerprint density at radius 2 is 2.00 bits per heavy atom. The van der Waals surface area contributed by atoms with E-state index >= 15 is 0 Å². The Hall–Kier alpha value is -2.82. The zero-order valence-electron chi connectivity index (χ0n) is 11.4. The molecule has 0 spiro atoms. The maximum atomic E-state index is 12.3. The minimum Gasteiger partial charge on any atom is -0.317 e. The quantitative estimate of drug-likeness (QED) is 0.801. The highest BCUT2D eigenvalue weighted by Gasteiger charge is 2.36. The fraction of sp³-hybridized carbons (Fsp3) is 0.125. The summed E-state index contributed by atoms with van der Waals surface area (Å²) in [6.07, 6.45) is 4.56. The van der Waals surface area contributed by atoms with Crippen molar-refractivity contribution in [3.8, 4) is 0 Å². The molecule has 1 aromatic heterocycles. The van der Waals surface area contributed by atoms with Crippen molar-refractivity contribution in [3.05, 3.63) is 65.9 Å². The van der Waals surface area contributed by atoms with Gasteiger partial charge in [0.25, 0.3) is 0 Å². The highest BCUT2D eigenvalue weighted by atomic mass is 16.1. The molecule has 21 heavy (non-hydrogen) atoms. The van der Waals surface area contributed by atoms with Crippen LogP contribution >= 0.6 is 0 Å². The second kappa shape index (κ2) is 4.34. The minimum absolute atomic E-state index is 0.0673. The van der Waals surface area contributed by atoms with E-state index in [0.29, 0.717) is 11.3 Å². The number of benzene rings is 1. The molecule has 5 nitrogen and oxygen atoms in total. The highest BCUT2D eigenvalue weighted by Crippen LogP contribution is 2.33. The van der Waals surface area contributed by atoms with Gasteiger partial charge >= 0.3 is 0 Å². The lowest BCUT2D eigenvalue weighted by Crippen LogP contribution is -2.30. The van der Waals surface area contributed by atoms with E-state index in [4.69, 9.17) is 0 Å². The van der Waals surface area contributed by atoms with Crippen LogP contribution in [0.15, 0.2) is 59.6 Å². The molecule has 1 aromatic carbocycles. The molecule has 2 heterocycles. The van der Waals surface area contributed by atoms with E-state index in [9.17, 15) is 4.79 Å². The van der Waals surface area contributed by atoms with Gasteiger partial charge in [0, 0.05) is 18.0 Å². The Morgan fingerprint density at radius 1 is 1.19 bits per heavy atom. The molecule has 1 unspecified atom stereocenters. The van der Waals surface area contributed by atoms with Crippen LogP contribution in [-0.2, 0) is 0 Å². The fourth-order valence-electron chi connectivity index (χ4n) is 2.79. The molecule has 102 valence electrons. The number of rotatable bonds is 1. The maximum absolute atomic E-state index is 12.3. The molecule has 0 fully saturated rings. The summed E-state index contributed by atoms with van der Waals surface area (Å²) >= 11 is 0. The average molecular weight is 276 g/mol. The molecule has 2 aliphatic rings. The monoisotopic (exact) mass is 276 g/mol. The third-order valence-corrected chi connectivity index (χ3v) is 3.70. The normalized spacial score (nSPS) is 19.8. The smallest absolute Gasteiger partial charge is 0.191 e. The number of hydrogen-bond acceptors (Lipinski definition) is 5. The number of fused-ring (bicyclic) bond motifs is 3. The number of hydrogen-bond donors (Lipinski definition) is 0. The van der Waals surface area contributed by atoms with E-state index in [0.717, 1.165) is 17.1 Å². The van der Waals surface area contributed by atoms with Crippen molar-refractivity contribution in [1.82, 2.24) is 9.97 Å². The van der Waals surface area contributed by atoms with Gasteiger partial charge < -0.3 is 4.90 Å². The van der Waals surface area contributed by atoms with Crippen molar-refractivity contribution in [3.63, 3.8) is 0 Å². The number of ketones is 1. The van der Waals surface area contributed by atoms with Gasteiger partial charge in [-0.05, 0) is 19.1 Å². The molecular weight excluding hydrogens is 264 g/mol. The van der Waals surface area contributed by atoms with Crippen molar-refractivity contribution < 1.29 is 4.79 Å². The molecule has 1 aliphatic carbocycles. The van der Waals surface area contributed by atoms with E-state index in [2.05, 4.69) is 19.9 Å². The van der Waals surface area contributed by atoms with Gasteiger partial charge in [-0.3, -0.25) is 9.79 Å². The first-order valence-corrected chi connectivity index (χ1v) is 6.74. The Morgan fingerprint density at radius 3 is 2.81 bits per heavy atom. The van der Waals surface area contributed by atoms with Gasteiger partial charge in [-0.2, -0.15) is 0 Å². The van der Waals surface area contributed by atoms with Crippen LogP contribution in [0.5, 0.6) is 0 Å². The molecule has 1 aliphatic heterocycles. The minimum atomic E-state index is -0.0745. The number of carbonyl (C=O) groups excluding carboxylic acids is 1. The number of aromatic nitrogens is 2. The number of para-hydroxylation sites is 1. The van der Waals surface area contributed by atoms with Crippen molar-refractivity contribution >= 4 is 17.2 Å². The Balaban J connectivity index is 1.88. The lowest BCUT2D eigenvalue weighted by molar-refractivity contribution is 0.104. The summed E-state index contributed by atoms with van der Waals surface area (Å²) in [5.41, 5.74) is 3.73. The number of aliphatic imine (C=N–C) groups is 1. The van der Waals surface area contributed by atoms with Crippen LogP contribution in [-0.4, -0.2) is 27.6 Å². The Kier molecular flexibility index (Phi) is 2.47. The summed E-state index contributed by atoms with van der Waals surface area (Å²) in [5.74, 6) is -0.0745. The largest absolute Gasteiger partial charge is 0.317 e. The average Bonchev–Trinajstić information content (AvgIpc) is 2.85. The van der Waals surface area contributed by atoms with Gasteiger partial charge in [0.1, 0.15) is 23.9 Å². The summed E-state index contributed by atoms with van der Waals surface area (Å²) in [6.45, 7) is 2.00. The van der Waals surface area contributed by atoms with Crippen LogP contribution in [0.25, 0.3) is 0 Å². The zero-order valence-corrected chi connectivity index (χ0v) is 11.4. The number of anilines is 1. The number of carbonyl (C=O) groups is 1. The number of nitrogens with zero attached hydrogens (tertiary/aromatic N) is 4. The van der Waals surface area contributed by atoms with E-state index in [-0.39, 0.29) is 11.9 Å². The number of allylic oxidation sites excluding steroid dienone is 2. The van der Waals surface area contributed by atoms with E-state index < -0.39 is 0 Å². The third kappa shape index (κ3) is 1.71. The molecule has 5 heteroatoms. The molecule has 0 amide bonds. The molecule has 1 atom stereocenters. The van der Waals surface area contributed by atoms with Gasteiger partial charge in [-0.25, -0.2) is 9.97 Å². The first-order chi connectivity index (χ1) is 10.3. The van der Waals surface area contributed by atoms with Gasteiger partial charge in [-0.15, -0.1) is 0 Å². The van der Waals surface area contributed by atoms with E-state index in [1.807, 2.05) is 37.3 Å². The molecule has 4 rings (SSSR count). The first-order valence-electron chi connectivity index (χ1n) is 6.74. The van der Waals surface area contributed by atoms with Gasteiger partial charge in [0.2, 0.25) is 0 Å². The van der Waals surface area contributed by atoms with Crippen LogP contribution in [0.1, 0.15) is 23.0 Å². The fourth-order valence-corrected chi connectivity index (χ4v) is 2.79. The van der Waals surface area contributed by atoms with Crippen molar-refractivity contribution in [1.29, 1.82) is 0 Å². The predicted octanol–water partition coefficient (Wildman–Crippen LogP) is 2.21. The topological polar surface area (TPSA) is 58.5 Å². The summed E-state index contributed by atoms with van der Waals surface area (Å²) in [7, 11) is 0. The van der Waals surface area contributed by atoms with Gasteiger partial charge in [0.05, 0.1) is 11.3 Å². The van der Waals surface area contributed by atoms with Crippen LogP contribution in [0, 0.1) is 0 Å².